The third-order valence-corrected chi connectivity index (χ3v) is 7.59. The Balaban J connectivity index is 4.66. The van der Waals surface area contributed by atoms with Gasteiger partial charge in [0.1, 0.15) is 6.29 Å². The maximum absolute atomic E-state index is 10.5. The van der Waals surface area contributed by atoms with Gasteiger partial charge in [0.05, 0.1) is 6.10 Å². The highest BCUT2D eigenvalue weighted by Gasteiger charge is 2.39. The van der Waals surface area contributed by atoms with Gasteiger partial charge < -0.3 is 9.22 Å². The zero-order valence-electron chi connectivity index (χ0n) is 10.9. The van der Waals surface area contributed by atoms with Gasteiger partial charge in [-0.1, -0.05) is 32.9 Å². The zero-order chi connectivity index (χ0) is 12.3. The average Bonchev–Trinajstić information content (AvgIpc) is 2.00. The molecule has 0 amide bonds. The van der Waals surface area contributed by atoms with Crippen LogP contribution in [0.1, 0.15) is 34.1 Å². The summed E-state index contributed by atoms with van der Waals surface area (Å²) in [7, 11) is -1.79. The molecule has 0 fully saturated rings. The predicted molar refractivity (Wildman–Crippen MR) is 67.6 cm³/mol. The Morgan fingerprint density at radius 3 is 2.20 bits per heavy atom. The lowest BCUT2D eigenvalue weighted by molar-refractivity contribution is -0.109. The van der Waals surface area contributed by atoms with Crippen LogP contribution in [-0.4, -0.2) is 20.7 Å². The maximum atomic E-state index is 10.5. The largest absolute Gasteiger partial charge is 0.410 e. The molecule has 0 saturated carbocycles. The first-order valence-electron chi connectivity index (χ1n) is 5.38. The predicted octanol–water partition coefficient (Wildman–Crippen LogP) is 3.54. The standard InChI is InChI=1S/C12H24O2Si/c1-10(2)11(8-9-13)14-15(6,7)12(3,4)5/h9,11H,1,8H2,2-7H3. The first kappa shape index (κ1) is 14.6. The van der Waals surface area contributed by atoms with E-state index in [9.17, 15) is 4.79 Å². The molecular formula is C12H24O2Si. The Hall–Kier alpha value is -0.413. The molecule has 0 aromatic carbocycles. The van der Waals surface area contributed by atoms with Gasteiger partial charge in [0.15, 0.2) is 8.32 Å². The summed E-state index contributed by atoms with van der Waals surface area (Å²) in [5, 5.41) is 0.170. The quantitative estimate of drug-likeness (QED) is 0.409. The Kier molecular flexibility index (Phi) is 4.94. The first-order valence-corrected chi connectivity index (χ1v) is 8.29. The second-order valence-electron chi connectivity index (χ2n) is 5.62. The van der Waals surface area contributed by atoms with Crippen molar-refractivity contribution >= 4 is 14.6 Å². The summed E-state index contributed by atoms with van der Waals surface area (Å²) in [6, 6.07) is 0. The number of rotatable bonds is 5. The lowest BCUT2D eigenvalue weighted by atomic mass is 10.1. The normalized spacial score (nSPS) is 14.8. The molecule has 0 rings (SSSR count). The van der Waals surface area contributed by atoms with Gasteiger partial charge in [-0.3, -0.25) is 0 Å². The van der Waals surface area contributed by atoms with E-state index in [1.807, 2.05) is 6.92 Å². The van der Waals surface area contributed by atoms with Gasteiger partial charge in [-0.15, -0.1) is 0 Å². The number of hydrogen-bond donors (Lipinski definition) is 0. The molecule has 0 spiro atoms. The van der Waals surface area contributed by atoms with Gasteiger partial charge in [-0.25, -0.2) is 0 Å². The summed E-state index contributed by atoms with van der Waals surface area (Å²) >= 11 is 0. The lowest BCUT2D eigenvalue weighted by Gasteiger charge is -2.39. The number of hydrogen-bond acceptors (Lipinski definition) is 2. The van der Waals surface area contributed by atoms with Crippen LogP contribution in [-0.2, 0) is 9.22 Å². The minimum absolute atomic E-state index is 0.108. The van der Waals surface area contributed by atoms with E-state index in [-0.39, 0.29) is 11.1 Å². The van der Waals surface area contributed by atoms with E-state index in [0.29, 0.717) is 6.42 Å². The molecule has 0 aliphatic heterocycles. The molecule has 3 heteroatoms. The molecule has 0 radical (unpaired) electrons. The molecule has 0 aromatic heterocycles. The highest BCUT2D eigenvalue weighted by Crippen LogP contribution is 2.38. The van der Waals surface area contributed by atoms with Crippen molar-refractivity contribution in [2.75, 3.05) is 0 Å². The molecule has 0 aliphatic carbocycles. The minimum atomic E-state index is -1.79. The van der Waals surface area contributed by atoms with Crippen LogP contribution in [0.15, 0.2) is 12.2 Å². The molecule has 0 saturated heterocycles. The summed E-state index contributed by atoms with van der Waals surface area (Å²) in [5.41, 5.74) is 0.937. The number of carbonyl (C=O) groups excluding carboxylic acids is 1. The van der Waals surface area contributed by atoms with Crippen LogP contribution >= 0.6 is 0 Å². The molecule has 0 aliphatic rings. The fourth-order valence-electron chi connectivity index (χ4n) is 0.970. The fourth-order valence-corrected chi connectivity index (χ4v) is 2.33. The van der Waals surface area contributed by atoms with Crippen LogP contribution in [0.5, 0.6) is 0 Å². The third kappa shape index (κ3) is 4.30. The molecule has 0 bridgehead atoms. The fraction of sp³-hybridized carbons (Fsp3) is 0.750. The first-order chi connectivity index (χ1) is 6.62. The van der Waals surface area contributed by atoms with Crippen molar-refractivity contribution in [3.63, 3.8) is 0 Å². The van der Waals surface area contributed by atoms with Crippen molar-refractivity contribution in [1.82, 2.24) is 0 Å². The molecule has 0 N–H and O–H groups in total. The van der Waals surface area contributed by atoms with E-state index in [2.05, 4.69) is 40.4 Å². The van der Waals surface area contributed by atoms with E-state index in [1.165, 1.54) is 0 Å². The highest BCUT2D eigenvalue weighted by molar-refractivity contribution is 6.74. The van der Waals surface area contributed by atoms with Crippen molar-refractivity contribution in [2.24, 2.45) is 0 Å². The molecule has 2 nitrogen and oxygen atoms in total. The van der Waals surface area contributed by atoms with Crippen LogP contribution in [0, 0.1) is 0 Å². The van der Waals surface area contributed by atoms with Gasteiger partial charge in [0.2, 0.25) is 0 Å². The van der Waals surface area contributed by atoms with Crippen LogP contribution in [0.4, 0.5) is 0 Å². The SMILES string of the molecule is C=C(C)C(CC=O)O[Si](C)(C)C(C)(C)C. The van der Waals surface area contributed by atoms with Crippen molar-refractivity contribution in [3.05, 3.63) is 12.2 Å². The van der Waals surface area contributed by atoms with Crippen LogP contribution in [0.25, 0.3) is 0 Å². The maximum Gasteiger partial charge on any atom is 0.192 e. The molecule has 88 valence electrons. The van der Waals surface area contributed by atoms with Crippen LogP contribution in [0.2, 0.25) is 18.1 Å². The summed E-state index contributed by atoms with van der Waals surface area (Å²) in [6.45, 7) is 16.7. The number of aldehydes is 1. The Labute approximate surface area is 94.8 Å². The highest BCUT2D eigenvalue weighted by atomic mass is 28.4. The minimum Gasteiger partial charge on any atom is -0.410 e. The zero-order valence-corrected chi connectivity index (χ0v) is 11.9. The number of carbonyl (C=O) groups is 1. The lowest BCUT2D eigenvalue weighted by Crippen LogP contribution is -2.44. The van der Waals surface area contributed by atoms with Crippen molar-refractivity contribution in [3.8, 4) is 0 Å². The third-order valence-electron chi connectivity index (χ3n) is 3.10. The van der Waals surface area contributed by atoms with E-state index in [4.69, 9.17) is 4.43 Å². The smallest absolute Gasteiger partial charge is 0.192 e. The second kappa shape index (κ2) is 5.08. The van der Waals surface area contributed by atoms with Crippen molar-refractivity contribution < 1.29 is 9.22 Å². The monoisotopic (exact) mass is 228 g/mol. The summed E-state index contributed by atoms with van der Waals surface area (Å²) in [5.74, 6) is 0. The van der Waals surface area contributed by atoms with Gasteiger partial charge in [0, 0.05) is 6.42 Å². The van der Waals surface area contributed by atoms with Gasteiger partial charge in [-0.2, -0.15) is 0 Å². The van der Waals surface area contributed by atoms with Gasteiger partial charge in [0.25, 0.3) is 0 Å². The van der Waals surface area contributed by atoms with E-state index in [0.717, 1.165) is 11.9 Å². The topological polar surface area (TPSA) is 26.3 Å². The molecular weight excluding hydrogens is 204 g/mol. The van der Waals surface area contributed by atoms with Crippen molar-refractivity contribution in [1.29, 1.82) is 0 Å². The van der Waals surface area contributed by atoms with Crippen LogP contribution < -0.4 is 0 Å². The molecule has 0 aromatic rings. The Bertz CT molecular complexity index is 238. The summed E-state index contributed by atoms with van der Waals surface area (Å²) in [4.78, 5) is 10.5. The van der Waals surface area contributed by atoms with E-state index < -0.39 is 8.32 Å². The van der Waals surface area contributed by atoms with Gasteiger partial charge in [-0.05, 0) is 25.1 Å². The molecule has 1 atom stereocenters. The van der Waals surface area contributed by atoms with E-state index >= 15 is 0 Å². The average molecular weight is 228 g/mol. The van der Waals surface area contributed by atoms with E-state index in [1.54, 1.807) is 0 Å². The summed E-state index contributed by atoms with van der Waals surface area (Å²) in [6.07, 6.45) is 1.22. The Morgan fingerprint density at radius 1 is 1.47 bits per heavy atom. The molecule has 1 unspecified atom stereocenters. The Morgan fingerprint density at radius 2 is 1.93 bits per heavy atom. The van der Waals surface area contributed by atoms with Gasteiger partial charge >= 0.3 is 0 Å². The van der Waals surface area contributed by atoms with Crippen molar-refractivity contribution in [2.45, 2.75) is 58.4 Å². The summed E-state index contributed by atoms with van der Waals surface area (Å²) < 4.78 is 6.11. The molecule has 15 heavy (non-hydrogen) atoms. The second-order valence-corrected chi connectivity index (χ2v) is 10.4. The molecule has 0 heterocycles. The van der Waals surface area contributed by atoms with Crippen LogP contribution in [0.3, 0.4) is 0 Å².